The molecule has 0 bridgehead atoms. The number of urea groups is 1. The van der Waals surface area contributed by atoms with E-state index >= 15 is 0 Å². The fraction of sp³-hybridized carbons (Fsp3) is 0.562. The van der Waals surface area contributed by atoms with Gasteiger partial charge in [0.1, 0.15) is 5.75 Å². The first kappa shape index (κ1) is 14.7. The van der Waals surface area contributed by atoms with Gasteiger partial charge in [0.05, 0.1) is 13.7 Å². The van der Waals surface area contributed by atoms with Gasteiger partial charge in [-0.05, 0) is 18.9 Å². The van der Waals surface area contributed by atoms with Crippen LogP contribution in [0.5, 0.6) is 5.75 Å². The molecule has 20 heavy (non-hydrogen) atoms. The van der Waals surface area contributed by atoms with E-state index in [9.17, 15) is 4.79 Å². The van der Waals surface area contributed by atoms with Crippen LogP contribution in [0, 0.1) is 0 Å². The average Bonchev–Trinajstić information content (AvgIpc) is 2.48. The van der Waals surface area contributed by atoms with E-state index in [1.54, 1.807) is 12.0 Å². The highest BCUT2D eigenvalue weighted by molar-refractivity contribution is 5.74. The van der Waals surface area contributed by atoms with Gasteiger partial charge in [0.25, 0.3) is 0 Å². The Bertz CT molecular complexity index is 442. The second-order valence-corrected chi connectivity index (χ2v) is 5.45. The Morgan fingerprint density at radius 3 is 2.70 bits per heavy atom. The standard InChI is InChI=1S/C16H24N2O2/c1-18(12-13-8-6-7-11-15(13)20-2)16(19)17-14-9-4-3-5-10-14/h6-8,11,14H,3-5,9-10,12H2,1-2H3,(H,17,19). The zero-order valence-electron chi connectivity index (χ0n) is 12.4. The highest BCUT2D eigenvalue weighted by atomic mass is 16.5. The summed E-state index contributed by atoms with van der Waals surface area (Å²) < 4.78 is 5.32. The first-order valence-corrected chi connectivity index (χ1v) is 7.34. The first-order chi connectivity index (χ1) is 9.70. The van der Waals surface area contributed by atoms with Gasteiger partial charge in [0.2, 0.25) is 0 Å². The fourth-order valence-corrected chi connectivity index (χ4v) is 2.69. The van der Waals surface area contributed by atoms with Crippen molar-refractivity contribution in [1.82, 2.24) is 10.2 Å². The third-order valence-corrected chi connectivity index (χ3v) is 3.88. The Morgan fingerprint density at radius 1 is 1.30 bits per heavy atom. The number of methoxy groups -OCH3 is 1. The molecule has 1 aromatic rings. The summed E-state index contributed by atoms with van der Waals surface area (Å²) in [6.45, 7) is 0.558. The van der Waals surface area contributed by atoms with Gasteiger partial charge in [-0.25, -0.2) is 4.79 Å². The molecule has 1 fully saturated rings. The maximum Gasteiger partial charge on any atom is 0.317 e. The SMILES string of the molecule is COc1ccccc1CN(C)C(=O)NC1CCCCC1. The van der Waals surface area contributed by atoms with E-state index < -0.39 is 0 Å². The van der Waals surface area contributed by atoms with E-state index in [0.29, 0.717) is 12.6 Å². The zero-order valence-corrected chi connectivity index (χ0v) is 12.4. The predicted octanol–water partition coefficient (Wildman–Crippen LogP) is 3.17. The number of carbonyl (C=O) groups is 1. The molecule has 0 saturated heterocycles. The van der Waals surface area contributed by atoms with Crippen molar-refractivity contribution in [3.8, 4) is 5.75 Å². The van der Waals surface area contributed by atoms with E-state index in [4.69, 9.17) is 4.74 Å². The number of nitrogens with one attached hydrogen (secondary N) is 1. The fourth-order valence-electron chi connectivity index (χ4n) is 2.69. The van der Waals surface area contributed by atoms with Crippen molar-refractivity contribution in [3.05, 3.63) is 29.8 Å². The van der Waals surface area contributed by atoms with Crippen LogP contribution in [0.1, 0.15) is 37.7 Å². The molecule has 4 heteroatoms. The van der Waals surface area contributed by atoms with Crippen LogP contribution in [0.3, 0.4) is 0 Å². The van der Waals surface area contributed by atoms with Crippen LogP contribution in [0.4, 0.5) is 4.79 Å². The average molecular weight is 276 g/mol. The van der Waals surface area contributed by atoms with Gasteiger partial charge >= 0.3 is 6.03 Å². The van der Waals surface area contributed by atoms with Gasteiger partial charge in [0, 0.05) is 18.7 Å². The van der Waals surface area contributed by atoms with Crippen LogP contribution in [-0.4, -0.2) is 31.1 Å². The summed E-state index contributed by atoms with van der Waals surface area (Å²) in [7, 11) is 3.48. The van der Waals surface area contributed by atoms with Crippen molar-refractivity contribution in [2.24, 2.45) is 0 Å². The van der Waals surface area contributed by atoms with Crippen LogP contribution in [0.25, 0.3) is 0 Å². The third kappa shape index (κ3) is 3.89. The second-order valence-electron chi connectivity index (χ2n) is 5.45. The Kier molecular flexibility index (Phi) is 5.27. The summed E-state index contributed by atoms with van der Waals surface area (Å²) in [4.78, 5) is 13.9. The van der Waals surface area contributed by atoms with Crippen molar-refractivity contribution in [2.45, 2.75) is 44.7 Å². The van der Waals surface area contributed by atoms with Gasteiger partial charge in [-0.1, -0.05) is 37.5 Å². The van der Waals surface area contributed by atoms with E-state index in [-0.39, 0.29) is 6.03 Å². The molecule has 1 N–H and O–H groups in total. The van der Waals surface area contributed by atoms with Gasteiger partial charge in [-0.2, -0.15) is 0 Å². The maximum absolute atomic E-state index is 12.2. The molecule has 1 saturated carbocycles. The molecule has 0 aromatic heterocycles. The molecule has 4 nitrogen and oxygen atoms in total. The molecule has 0 spiro atoms. The topological polar surface area (TPSA) is 41.6 Å². The zero-order chi connectivity index (χ0) is 14.4. The number of amides is 2. The third-order valence-electron chi connectivity index (χ3n) is 3.88. The number of rotatable bonds is 4. The van der Waals surface area contributed by atoms with Crippen LogP contribution < -0.4 is 10.1 Å². The highest BCUT2D eigenvalue weighted by Crippen LogP contribution is 2.20. The van der Waals surface area contributed by atoms with Gasteiger partial charge in [-0.15, -0.1) is 0 Å². The van der Waals surface area contributed by atoms with Crippen molar-refractivity contribution in [3.63, 3.8) is 0 Å². The van der Waals surface area contributed by atoms with Gasteiger partial charge in [0.15, 0.2) is 0 Å². The molecule has 1 aliphatic rings. The Balaban J connectivity index is 1.89. The molecule has 1 aromatic carbocycles. The minimum Gasteiger partial charge on any atom is -0.496 e. The van der Waals surface area contributed by atoms with Crippen LogP contribution >= 0.6 is 0 Å². The summed E-state index contributed by atoms with van der Waals surface area (Å²) in [6.07, 6.45) is 5.95. The minimum absolute atomic E-state index is 0.00260. The molecule has 110 valence electrons. The summed E-state index contributed by atoms with van der Waals surface area (Å²) in [5, 5.41) is 3.12. The Hall–Kier alpha value is -1.71. The Morgan fingerprint density at radius 2 is 2.00 bits per heavy atom. The van der Waals surface area contributed by atoms with Gasteiger partial charge < -0.3 is 15.0 Å². The molecule has 1 aliphatic carbocycles. The highest BCUT2D eigenvalue weighted by Gasteiger charge is 2.18. The van der Waals surface area contributed by atoms with Crippen molar-refractivity contribution < 1.29 is 9.53 Å². The lowest BCUT2D eigenvalue weighted by atomic mass is 9.96. The van der Waals surface area contributed by atoms with E-state index in [2.05, 4.69) is 5.32 Å². The molecule has 0 unspecified atom stereocenters. The van der Waals surface area contributed by atoms with Gasteiger partial charge in [-0.3, -0.25) is 0 Å². The molecule has 0 radical (unpaired) electrons. The summed E-state index contributed by atoms with van der Waals surface area (Å²) >= 11 is 0. The molecule has 2 rings (SSSR count). The lowest BCUT2D eigenvalue weighted by molar-refractivity contribution is 0.198. The molecule has 2 amide bonds. The minimum atomic E-state index is 0.00260. The van der Waals surface area contributed by atoms with Crippen molar-refractivity contribution in [1.29, 1.82) is 0 Å². The Labute approximate surface area is 121 Å². The summed E-state index contributed by atoms with van der Waals surface area (Å²) in [5.74, 6) is 0.824. The number of carbonyl (C=O) groups excluding carboxylic acids is 1. The molecule has 0 atom stereocenters. The van der Waals surface area contributed by atoms with E-state index in [1.165, 1.54) is 19.3 Å². The predicted molar refractivity (Wildman–Crippen MR) is 79.9 cm³/mol. The maximum atomic E-state index is 12.2. The first-order valence-electron chi connectivity index (χ1n) is 7.34. The molecular formula is C16H24N2O2. The number of hydrogen-bond acceptors (Lipinski definition) is 2. The van der Waals surface area contributed by atoms with Crippen LogP contribution in [0.2, 0.25) is 0 Å². The van der Waals surface area contributed by atoms with E-state index in [0.717, 1.165) is 24.2 Å². The van der Waals surface area contributed by atoms with Crippen molar-refractivity contribution in [2.75, 3.05) is 14.2 Å². The number of hydrogen-bond donors (Lipinski definition) is 1. The van der Waals surface area contributed by atoms with E-state index in [1.807, 2.05) is 31.3 Å². The smallest absolute Gasteiger partial charge is 0.317 e. The number of benzene rings is 1. The molecule has 0 aliphatic heterocycles. The summed E-state index contributed by atoms with van der Waals surface area (Å²) in [5.41, 5.74) is 1.02. The van der Waals surface area contributed by atoms with Crippen LogP contribution in [0.15, 0.2) is 24.3 Å². The quantitative estimate of drug-likeness (QED) is 0.917. The molecule has 0 heterocycles. The number of nitrogens with zero attached hydrogens (tertiary/aromatic N) is 1. The summed E-state index contributed by atoms with van der Waals surface area (Å²) in [6, 6.07) is 8.15. The van der Waals surface area contributed by atoms with Crippen LogP contribution in [-0.2, 0) is 6.54 Å². The second kappa shape index (κ2) is 7.17. The number of ether oxygens (including phenoxy) is 1. The lowest BCUT2D eigenvalue weighted by Crippen LogP contribution is -2.43. The van der Waals surface area contributed by atoms with Crippen molar-refractivity contribution >= 4 is 6.03 Å². The lowest BCUT2D eigenvalue weighted by Gasteiger charge is -2.26. The normalized spacial score (nSPS) is 15.7. The largest absolute Gasteiger partial charge is 0.496 e. The number of para-hydroxylation sites is 1. The molecular weight excluding hydrogens is 252 g/mol. The monoisotopic (exact) mass is 276 g/mol.